The lowest BCUT2D eigenvalue weighted by Gasteiger charge is -2.13. The molecule has 42 heavy (non-hydrogen) atoms. The van der Waals surface area contributed by atoms with E-state index in [1.807, 2.05) is 0 Å². The van der Waals surface area contributed by atoms with Crippen molar-refractivity contribution in [3.63, 3.8) is 0 Å². The number of unbranched alkanes of at least 4 members (excludes halogenated alkanes) is 2. The molecule has 14 N–H and O–H groups in total. The number of nitrogens with zero attached hydrogens (tertiary/aromatic N) is 1. The zero-order valence-electron chi connectivity index (χ0n) is 22.9. The molecule has 0 aromatic carbocycles. The van der Waals surface area contributed by atoms with Crippen molar-refractivity contribution in [1.29, 1.82) is 0 Å². The highest BCUT2D eigenvalue weighted by Gasteiger charge is 2.48. The Kier molecular flexibility index (Phi) is 19.1. The highest BCUT2D eigenvalue weighted by atomic mass is 31.2. The molecule has 0 radical (unpaired) electrons. The first-order chi connectivity index (χ1) is 19.5. The lowest BCUT2D eigenvalue weighted by atomic mass is 10.1. The maximum absolute atomic E-state index is 10.8. The summed E-state index contributed by atoms with van der Waals surface area (Å²) in [5.41, 5.74) is 20.7. The fraction of sp³-hybridized carbons (Fsp3) is 0.652. The minimum atomic E-state index is -4.74. The third-order valence-electron chi connectivity index (χ3n) is 5.67. The van der Waals surface area contributed by atoms with Crippen LogP contribution in [0.4, 0.5) is 0 Å². The van der Waals surface area contributed by atoms with E-state index in [1.165, 1.54) is 22.9 Å². The lowest BCUT2D eigenvalue weighted by Crippen LogP contribution is -2.46. The SMILES string of the molecule is NCCCC[C@@H](N)C(=O)O.NCCCC[C@@H](N)C(=O)O.O=C([O-])c1ccc[n+]([C@@H]2O[C@H](COP(=O)(O)O)[C@@H](O)[C@H]2O)c1. The molecule has 6 atom stereocenters. The van der Waals surface area contributed by atoms with Gasteiger partial charge in [0.1, 0.15) is 24.3 Å². The minimum Gasteiger partial charge on any atom is -0.545 e. The summed E-state index contributed by atoms with van der Waals surface area (Å²) in [5.74, 6) is -3.29. The quantitative estimate of drug-likeness (QED) is 0.0504. The van der Waals surface area contributed by atoms with Crippen LogP contribution in [0.3, 0.4) is 0 Å². The van der Waals surface area contributed by atoms with E-state index in [1.54, 1.807) is 0 Å². The molecule has 1 aliphatic rings. The number of hydrogen-bond donors (Lipinski definition) is 10. The number of phosphoric ester groups is 1. The van der Waals surface area contributed by atoms with Crippen LogP contribution in [-0.4, -0.2) is 98.2 Å². The highest BCUT2D eigenvalue weighted by molar-refractivity contribution is 7.46. The predicted octanol–water partition coefficient (Wildman–Crippen LogP) is -3.88. The number of carboxylic acids is 3. The number of pyridine rings is 1. The highest BCUT2D eigenvalue weighted by Crippen LogP contribution is 2.37. The fourth-order valence-electron chi connectivity index (χ4n) is 3.32. The van der Waals surface area contributed by atoms with E-state index in [9.17, 15) is 34.3 Å². The van der Waals surface area contributed by atoms with Crippen molar-refractivity contribution in [3.8, 4) is 0 Å². The number of aliphatic hydroxyl groups is 2. The van der Waals surface area contributed by atoms with Crippen LogP contribution in [0, 0.1) is 0 Å². The van der Waals surface area contributed by atoms with Crippen molar-refractivity contribution < 1.29 is 68.1 Å². The Labute approximate surface area is 242 Å². The van der Waals surface area contributed by atoms with Crippen LogP contribution < -0.4 is 32.6 Å². The van der Waals surface area contributed by atoms with E-state index in [-0.39, 0.29) is 5.56 Å². The van der Waals surface area contributed by atoms with Gasteiger partial charge in [0.05, 0.1) is 18.1 Å². The molecule has 1 fully saturated rings. The van der Waals surface area contributed by atoms with Crippen LogP contribution in [0.25, 0.3) is 0 Å². The first kappa shape index (κ1) is 39.4. The average Bonchev–Trinajstić information content (AvgIpc) is 3.21. The molecule has 0 bridgehead atoms. The Morgan fingerprint density at radius 2 is 1.48 bits per heavy atom. The second-order valence-corrected chi connectivity index (χ2v) is 10.4. The van der Waals surface area contributed by atoms with Crippen LogP contribution in [-0.2, 0) is 23.4 Å². The average molecular weight is 628 g/mol. The van der Waals surface area contributed by atoms with Gasteiger partial charge < -0.3 is 67.8 Å². The molecule has 2 heterocycles. The second kappa shape index (κ2) is 20.3. The summed E-state index contributed by atoms with van der Waals surface area (Å²) < 4.78 is 21.4. The van der Waals surface area contributed by atoms with E-state index in [0.717, 1.165) is 31.9 Å². The maximum Gasteiger partial charge on any atom is 0.469 e. The minimum absolute atomic E-state index is 0.164. The molecule has 2 rings (SSSR count). The standard InChI is InChI=1S/C11H14NO9P.2C6H14N2O2/c13-8-7(5-20-22(17,18)19)21-10(9(8)14)12-3-1-2-6(4-12)11(15)16;2*7-4-2-1-3-5(8)6(9)10/h1-4,7-10,13-14H,5H2,(H2-,15,16,17,18,19);2*5H,1-4,7-8H2,(H,9,10)/t7-,8-,9-,10-;2*5-/m111/s1. The summed E-state index contributed by atoms with van der Waals surface area (Å²) >= 11 is 0. The first-order valence-electron chi connectivity index (χ1n) is 12.9. The zero-order chi connectivity index (χ0) is 32.5. The number of carboxylic acid groups (broad SMARTS) is 3. The molecule has 1 aromatic rings. The van der Waals surface area contributed by atoms with Gasteiger partial charge in [-0.25, -0.2) is 4.57 Å². The molecule has 19 heteroatoms. The van der Waals surface area contributed by atoms with Crippen molar-refractivity contribution in [2.75, 3.05) is 19.7 Å². The predicted molar refractivity (Wildman–Crippen MR) is 142 cm³/mol. The smallest absolute Gasteiger partial charge is 0.469 e. The van der Waals surface area contributed by atoms with Gasteiger partial charge in [0.25, 0.3) is 6.23 Å². The normalized spacial score (nSPS) is 21.2. The van der Waals surface area contributed by atoms with Gasteiger partial charge in [-0.15, -0.1) is 0 Å². The molecule has 0 spiro atoms. The van der Waals surface area contributed by atoms with Crippen molar-refractivity contribution >= 4 is 25.7 Å². The number of ether oxygens (including phenoxy) is 1. The fourth-order valence-corrected chi connectivity index (χ4v) is 3.66. The number of nitrogens with two attached hydrogens (primary N) is 4. The molecular weight excluding hydrogens is 585 g/mol. The van der Waals surface area contributed by atoms with Gasteiger partial charge in [0, 0.05) is 6.07 Å². The molecule has 1 saturated heterocycles. The summed E-state index contributed by atoms with van der Waals surface area (Å²) in [6.45, 7) is 0.568. The van der Waals surface area contributed by atoms with Crippen molar-refractivity contribution in [2.45, 2.75) is 75.1 Å². The number of aromatic nitrogens is 1. The van der Waals surface area contributed by atoms with Crippen LogP contribution in [0.5, 0.6) is 0 Å². The molecule has 242 valence electrons. The van der Waals surface area contributed by atoms with Gasteiger partial charge in [-0.3, -0.25) is 14.1 Å². The summed E-state index contributed by atoms with van der Waals surface area (Å²) in [6.07, 6.45) is 1.64. The number of hydrogen-bond acceptors (Lipinski definition) is 13. The Morgan fingerprint density at radius 1 is 0.976 bits per heavy atom. The van der Waals surface area contributed by atoms with Gasteiger partial charge in [-0.2, -0.15) is 4.57 Å². The van der Waals surface area contributed by atoms with Gasteiger partial charge in [0.2, 0.25) is 0 Å². The lowest BCUT2D eigenvalue weighted by molar-refractivity contribution is -0.765. The number of aliphatic carboxylic acids is 2. The number of aromatic carboxylic acids is 1. The van der Waals surface area contributed by atoms with Crippen molar-refractivity contribution in [3.05, 3.63) is 30.1 Å². The molecule has 0 amide bonds. The van der Waals surface area contributed by atoms with Crippen molar-refractivity contribution in [2.24, 2.45) is 22.9 Å². The largest absolute Gasteiger partial charge is 0.545 e. The maximum atomic E-state index is 10.8. The molecule has 0 unspecified atom stereocenters. The third kappa shape index (κ3) is 16.1. The van der Waals surface area contributed by atoms with E-state index in [2.05, 4.69) is 4.52 Å². The summed E-state index contributed by atoms with van der Waals surface area (Å²) in [6, 6.07) is 1.23. The third-order valence-corrected chi connectivity index (χ3v) is 6.15. The van der Waals surface area contributed by atoms with Crippen LogP contribution in [0.2, 0.25) is 0 Å². The molecule has 18 nitrogen and oxygen atoms in total. The summed E-state index contributed by atoms with van der Waals surface area (Å²) in [4.78, 5) is 48.3. The molecule has 1 aliphatic heterocycles. The Morgan fingerprint density at radius 3 is 1.88 bits per heavy atom. The second-order valence-electron chi connectivity index (χ2n) is 9.12. The Hall–Kier alpha value is -2.61. The first-order valence-corrected chi connectivity index (χ1v) is 14.4. The van der Waals surface area contributed by atoms with Gasteiger partial charge in [0.15, 0.2) is 18.5 Å². The summed E-state index contributed by atoms with van der Waals surface area (Å²) in [7, 11) is -4.74. The topological polar surface area (TPSA) is 339 Å². The number of phosphoric acid groups is 1. The van der Waals surface area contributed by atoms with Gasteiger partial charge >= 0.3 is 19.8 Å². The van der Waals surface area contributed by atoms with Gasteiger partial charge in [-0.05, 0) is 44.8 Å². The summed E-state index contributed by atoms with van der Waals surface area (Å²) in [5, 5.41) is 47.2. The van der Waals surface area contributed by atoms with E-state index < -0.39 is 69.0 Å². The number of carbonyl (C=O) groups is 3. The number of aliphatic hydroxyl groups excluding tert-OH is 2. The number of rotatable bonds is 15. The molecule has 1 aromatic heterocycles. The molecule has 0 saturated carbocycles. The van der Waals surface area contributed by atoms with Crippen LogP contribution in [0.15, 0.2) is 24.5 Å². The zero-order valence-corrected chi connectivity index (χ0v) is 23.8. The van der Waals surface area contributed by atoms with E-state index in [4.69, 9.17) is 47.7 Å². The number of carbonyl (C=O) groups excluding carboxylic acids is 1. The Balaban J connectivity index is 0.000000702. The van der Waals surface area contributed by atoms with Crippen LogP contribution >= 0.6 is 7.82 Å². The Bertz CT molecular complexity index is 989. The van der Waals surface area contributed by atoms with E-state index in [0.29, 0.717) is 25.9 Å². The monoisotopic (exact) mass is 627 g/mol. The van der Waals surface area contributed by atoms with Crippen LogP contribution in [0.1, 0.15) is 55.1 Å². The van der Waals surface area contributed by atoms with E-state index >= 15 is 0 Å². The van der Waals surface area contributed by atoms with Gasteiger partial charge in [-0.1, -0.05) is 12.8 Å². The molecule has 0 aliphatic carbocycles. The van der Waals surface area contributed by atoms with Crippen molar-refractivity contribution in [1.82, 2.24) is 0 Å². The molecular formula is C23H42N5O13P.